The van der Waals surface area contributed by atoms with Gasteiger partial charge in [0.2, 0.25) is 11.7 Å². The van der Waals surface area contributed by atoms with E-state index in [-0.39, 0.29) is 5.92 Å². The van der Waals surface area contributed by atoms with Crippen molar-refractivity contribution in [1.29, 1.82) is 0 Å². The maximum Gasteiger partial charge on any atom is 0.230 e. The van der Waals surface area contributed by atoms with Crippen molar-refractivity contribution < 1.29 is 9.26 Å². The number of fused-ring (bicyclic) bond motifs is 1. The van der Waals surface area contributed by atoms with Crippen molar-refractivity contribution in [3.8, 4) is 17.1 Å². The molecule has 0 fully saturated rings. The highest BCUT2D eigenvalue weighted by molar-refractivity contribution is 5.55. The van der Waals surface area contributed by atoms with Crippen molar-refractivity contribution in [2.75, 3.05) is 7.11 Å². The Morgan fingerprint density at radius 3 is 2.32 bits per heavy atom. The maximum atomic E-state index is 5.50. The second-order valence-electron chi connectivity index (χ2n) is 5.56. The number of aromatic nitrogens is 2. The van der Waals surface area contributed by atoms with Crippen LogP contribution < -0.4 is 4.74 Å². The van der Waals surface area contributed by atoms with E-state index in [4.69, 9.17) is 9.26 Å². The molecule has 0 spiro atoms. The molecule has 110 valence electrons. The van der Waals surface area contributed by atoms with Crippen molar-refractivity contribution in [3.05, 3.63) is 65.5 Å². The predicted octanol–water partition coefficient (Wildman–Crippen LogP) is 3.63. The van der Waals surface area contributed by atoms with Gasteiger partial charge < -0.3 is 9.26 Å². The molecule has 4 heteroatoms. The second-order valence-corrected chi connectivity index (χ2v) is 5.56. The first kappa shape index (κ1) is 13.1. The Morgan fingerprint density at radius 1 is 1.00 bits per heavy atom. The minimum atomic E-state index is 0.289. The Morgan fingerprint density at radius 2 is 1.68 bits per heavy atom. The third kappa shape index (κ3) is 2.26. The number of rotatable bonds is 3. The zero-order valence-electron chi connectivity index (χ0n) is 12.3. The van der Waals surface area contributed by atoms with Crippen molar-refractivity contribution in [1.82, 2.24) is 10.1 Å². The summed E-state index contributed by atoms with van der Waals surface area (Å²) in [6.07, 6.45) is 1.95. The van der Waals surface area contributed by atoms with Crippen molar-refractivity contribution in [2.24, 2.45) is 0 Å². The van der Waals surface area contributed by atoms with Gasteiger partial charge in [0.05, 0.1) is 7.11 Å². The fraction of sp³-hybridized carbons (Fsp3) is 0.222. The number of benzene rings is 2. The highest BCUT2D eigenvalue weighted by Gasteiger charge is 2.27. The van der Waals surface area contributed by atoms with Gasteiger partial charge in [-0.05, 0) is 48.2 Å². The van der Waals surface area contributed by atoms with Crippen LogP contribution in [-0.4, -0.2) is 17.3 Å². The molecule has 0 bridgehead atoms. The van der Waals surface area contributed by atoms with Gasteiger partial charge >= 0.3 is 0 Å². The number of hydrogen-bond acceptors (Lipinski definition) is 4. The fourth-order valence-corrected chi connectivity index (χ4v) is 2.99. The minimum absolute atomic E-state index is 0.289. The normalized spacial score (nSPS) is 14.0. The SMILES string of the molecule is COc1ccc(-c2noc(C3Cc4ccccc4C3)n2)cc1. The number of hydrogen-bond donors (Lipinski definition) is 0. The molecule has 0 radical (unpaired) electrons. The van der Waals surface area contributed by atoms with Crippen LogP contribution in [0.1, 0.15) is 22.9 Å². The maximum absolute atomic E-state index is 5.50. The largest absolute Gasteiger partial charge is 0.497 e. The zero-order valence-corrected chi connectivity index (χ0v) is 12.3. The lowest BCUT2D eigenvalue weighted by Crippen LogP contribution is -1.98. The first-order valence-electron chi connectivity index (χ1n) is 7.38. The Bertz CT molecular complexity index is 768. The van der Waals surface area contributed by atoms with Crippen LogP contribution in [0.15, 0.2) is 53.1 Å². The summed E-state index contributed by atoms with van der Waals surface area (Å²) in [4.78, 5) is 4.58. The fourth-order valence-electron chi connectivity index (χ4n) is 2.99. The van der Waals surface area contributed by atoms with E-state index in [1.54, 1.807) is 7.11 Å². The van der Waals surface area contributed by atoms with E-state index in [1.807, 2.05) is 24.3 Å². The van der Waals surface area contributed by atoms with Gasteiger partial charge in [-0.3, -0.25) is 0 Å². The van der Waals surface area contributed by atoms with E-state index in [0.29, 0.717) is 5.82 Å². The molecule has 1 heterocycles. The molecule has 0 amide bonds. The monoisotopic (exact) mass is 292 g/mol. The van der Waals surface area contributed by atoms with Gasteiger partial charge in [0, 0.05) is 11.5 Å². The minimum Gasteiger partial charge on any atom is -0.497 e. The topological polar surface area (TPSA) is 48.2 Å². The molecule has 0 saturated carbocycles. The summed E-state index contributed by atoms with van der Waals surface area (Å²) in [5.41, 5.74) is 3.71. The first-order chi connectivity index (χ1) is 10.8. The molecular formula is C18H16N2O2. The van der Waals surface area contributed by atoms with Gasteiger partial charge in [-0.1, -0.05) is 29.4 Å². The lowest BCUT2D eigenvalue weighted by atomic mass is 10.1. The molecule has 0 saturated heterocycles. The molecule has 2 aromatic carbocycles. The lowest BCUT2D eigenvalue weighted by Gasteiger charge is -2.01. The van der Waals surface area contributed by atoms with Gasteiger partial charge in [-0.25, -0.2) is 0 Å². The van der Waals surface area contributed by atoms with Gasteiger partial charge in [0.25, 0.3) is 0 Å². The molecule has 0 atom stereocenters. The Labute approximate surface area is 128 Å². The van der Waals surface area contributed by atoms with E-state index < -0.39 is 0 Å². The van der Waals surface area contributed by atoms with E-state index >= 15 is 0 Å². The van der Waals surface area contributed by atoms with Gasteiger partial charge in [0.15, 0.2) is 0 Å². The average molecular weight is 292 g/mol. The summed E-state index contributed by atoms with van der Waals surface area (Å²) in [5.74, 6) is 2.46. The van der Waals surface area contributed by atoms with Crippen molar-refractivity contribution >= 4 is 0 Å². The molecule has 0 aliphatic heterocycles. The number of methoxy groups -OCH3 is 1. The van der Waals surface area contributed by atoms with Crippen LogP contribution in [-0.2, 0) is 12.8 Å². The predicted molar refractivity (Wildman–Crippen MR) is 82.9 cm³/mol. The third-order valence-corrected chi connectivity index (χ3v) is 4.19. The van der Waals surface area contributed by atoms with Crippen molar-refractivity contribution in [3.63, 3.8) is 0 Å². The van der Waals surface area contributed by atoms with Crippen molar-refractivity contribution in [2.45, 2.75) is 18.8 Å². The van der Waals surface area contributed by atoms with E-state index in [2.05, 4.69) is 34.4 Å². The summed E-state index contributed by atoms with van der Waals surface area (Å²) in [7, 11) is 1.65. The smallest absolute Gasteiger partial charge is 0.230 e. The lowest BCUT2D eigenvalue weighted by molar-refractivity contribution is 0.356. The highest BCUT2D eigenvalue weighted by atomic mass is 16.5. The molecule has 22 heavy (non-hydrogen) atoms. The van der Waals surface area contributed by atoms with Crippen LogP contribution in [0.4, 0.5) is 0 Å². The molecule has 1 aliphatic carbocycles. The third-order valence-electron chi connectivity index (χ3n) is 4.19. The average Bonchev–Trinajstić information content (AvgIpc) is 3.21. The van der Waals surface area contributed by atoms with Crippen LogP contribution in [0.2, 0.25) is 0 Å². The molecule has 4 rings (SSSR count). The second kappa shape index (κ2) is 5.30. The summed E-state index contributed by atoms with van der Waals surface area (Å²) in [6, 6.07) is 16.2. The number of nitrogens with zero attached hydrogens (tertiary/aromatic N) is 2. The van der Waals surface area contributed by atoms with E-state index in [0.717, 1.165) is 30.0 Å². The molecule has 4 nitrogen and oxygen atoms in total. The summed E-state index contributed by atoms with van der Waals surface area (Å²) in [5, 5.41) is 4.12. The van der Waals surface area contributed by atoms with Crippen LogP contribution in [0, 0.1) is 0 Å². The van der Waals surface area contributed by atoms with Gasteiger partial charge in [0.1, 0.15) is 5.75 Å². The van der Waals surface area contributed by atoms with Gasteiger partial charge in [-0.2, -0.15) is 4.98 Å². The Hall–Kier alpha value is -2.62. The molecular weight excluding hydrogens is 276 g/mol. The standard InChI is InChI=1S/C18H16N2O2/c1-21-16-8-6-12(7-9-16)17-19-18(22-20-17)15-10-13-4-2-3-5-14(13)11-15/h2-9,15H,10-11H2,1H3. The quantitative estimate of drug-likeness (QED) is 0.739. The van der Waals surface area contributed by atoms with Crippen LogP contribution >= 0.6 is 0 Å². The summed E-state index contributed by atoms with van der Waals surface area (Å²) in [6.45, 7) is 0. The Kier molecular flexibility index (Phi) is 3.15. The van der Waals surface area contributed by atoms with E-state index in [9.17, 15) is 0 Å². The van der Waals surface area contributed by atoms with Crippen LogP contribution in [0.5, 0.6) is 5.75 Å². The first-order valence-corrected chi connectivity index (χ1v) is 7.38. The zero-order chi connectivity index (χ0) is 14.9. The molecule has 1 aliphatic rings. The molecule has 0 N–H and O–H groups in total. The van der Waals surface area contributed by atoms with Gasteiger partial charge in [-0.15, -0.1) is 0 Å². The molecule has 0 unspecified atom stereocenters. The molecule has 3 aromatic rings. The highest BCUT2D eigenvalue weighted by Crippen LogP contribution is 2.33. The molecule has 1 aromatic heterocycles. The summed E-state index contributed by atoms with van der Waals surface area (Å²) >= 11 is 0. The Balaban J connectivity index is 1.57. The van der Waals surface area contributed by atoms with E-state index in [1.165, 1.54) is 11.1 Å². The number of ether oxygens (including phenoxy) is 1. The van der Waals surface area contributed by atoms with Crippen LogP contribution in [0.25, 0.3) is 11.4 Å². The summed E-state index contributed by atoms with van der Waals surface area (Å²) < 4.78 is 10.7. The van der Waals surface area contributed by atoms with Crippen LogP contribution in [0.3, 0.4) is 0 Å².